The second-order valence-electron chi connectivity index (χ2n) is 10.1. The van der Waals surface area contributed by atoms with Crippen LogP contribution >= 0.6 is 0 Å². The molecule has 0 saturated carbocycles. The molecule has 2 rings (SSSR count). The molecule has 2 atom stereocenters. The average molecular weight is 498 g/mol. The summed E-state index contributed by atoms with van der Waals surface area (Å²) in [6.07, 6.45) is -0.723. The fraction of sp³-hybridized carbons (Fsp3) is 0.464. The molecule has 0 aromatic heterocycles. The summed E-state index contributed by atoms with van der Waals surface area (Å²) in [4.78, 5) is 41.2. The Kier molecular flexibility index (Phi) is 10.5. The van der Waals surface area contributed by atoms with E-state index in [0.29, 0.717) is 5.56 Å². The lowest BCUT2D eigenvalue weighted by molar-refractivity contribution is -0.144. The van der Waals surface area contributed by atoms with Crippen LogP contribution in [0.5, 0.6) is 0 Å². The Labute approximate surface area is 214 Å². The number of hydrogen-bond donors (Lipinski definition) is 3. The number of carbonyl (C=O) groups excluding carboxylic acids is 3. The summed E-state index contributed by atoms with van der Waals surface area (Å²) in [5.74, 6) is -1.16. The van der Waals surface area contributed by atoms with Crippen LogP contribution in [0.4, 0.5) is 4.79 Å². The van der Waals surface area contributed by atoms with E-state index in [0.717, 1.165) is 11.1 Å². The maximum absolute atomic E-state index is 13.8. The lowest BCUT2D eigenvalue weighted by Gasteiger charge is -2.35. The number of nitrogens with zero attached hydrogens (tertiary/aromatic N) is 1. The number of aliphatic hydroxyl groups excluding tert-OH is 1. The number of nitrogens with one attached hydrogen (secondary N) is 2. The van der Waals surface area contributed by atoms with Gasteiger partial charge in [0.05, 0.1) is 6.61 Å². The third-order valence-corrected chi connectivity index (χ3v) is 5.46. The SMILES string of the molecule is Cc1cccc(C(C(=O)NCc2ccccc2)N(CCO)C(=O)C(NC(=O)OC(C)(C)C)C(C)C)c1. The second-order valence-corrected chi connectivity index (χ2v) is 10.1. The van der Waals surface area contributed by atoms with Crippen LogP contribution in [0.3, 0.4) is 0 Å². The Bertz CT molecular complexity index is 1020. The average Bonchev–Trinajstić information content (AvgIpc) is 2.80. The fourth-order valence-corrected chi connectivity index (χ4v) is 3.80. The molecule has 0 aliphatic heterocycles. The first-order chi connectivity index (χ1) is 16.9. The van der Waals surface area contributed by atoms with Gasteiger partial charge in [0.15, 0.2) is 0 Å². The highest BCUT2D eigenvalue weighted by molar-refractivity contribution is 5.92. The maximum Gasteiger partial charge on any atom is 0.408 e. The first-order valence-electron chi connectivity index (χ1n) is 12.2. The molecule has 2 aromatic carbocycles. The topological polar surface area (TPSA) is 108 Å². The molecular formula is C28H39N3O5. The minimum Gasteiger partial charge on any atom is -0.444 e. The van der Waals surface area contributed by atoms with Gasteiger partial charge in [-0.1, -0.05) is 74.0 Å². The van der Waals surface area contributed by atoms with Crippen molar-refractivity contribution in [2.45, 2.75) is 65.8 Å². The molecule has 2 unspecified atom stereocenters. The van der Waals surface area contributed by atoms with Gasteiger partial charge < -0.3 is 25.4 Å². The van der Waals surface area contributed by atoms with Gasteiger partial charge in [-0.2, -0.15) is 0 Å². The van der Waals surface area contributed by atoms with Crippen LogP contribution in [0, 0.1) is 12.8 Å². The standard InChI is InChI=1S/C28H39N3O5/c1-19(2)23(30-27(35)36-28(4,5)6)26(34)31(15-16-32)24(22-14-10-11-20(3)17-22)25(33)29-18-21-12-8-7-9-13-21/h7-14,17,19,23-24,32H,15-16,18H2,1-6H3,(H,29,33)(H,30,35). The van der Waals surface area contributed by atoms with Crippen LogP contribution in [-0.2, 0) is 20.9 Å². The molecular weight excluding hydrogens is 458 g/mol. The van der Waals surface area contributed by atoms with E-state index in [1.54, 1.807) is 40.7 Å². The summed E-state index contributed by atoms with van der Waals surface area (Å²) in [7, 11) is 0. The predicted molar refractivity (Wildman–Crippen MR) is 139 cm³/mol. The molecule has 0 aliphatic rings. The molecule has 3 amide bonds. The zero-order chi connectivity index (χ0) is 26.9. The van der Waals surface area contributed by atoms with Crippen LogP contribution < -0.4 is 10.6 Å². The first-order valence-corrected chi connectivity index (χ1v) is 12.2. The van der Waals surface area contributed by atoms with E-state index in [-0.39, 0.29) is 31.5 Å². The van der Waals surface area contributed by atoms with E-state index in [4.69, 9.17) is 4.74 Å². The molecule has 0 heterocycles. The highest BCUT2D eigenvalue weighted by atomic mass is 16.6. The second kappa shape index (κ2) is 13.1. The van der Waals surface area contributed by atoms with Crippen molar-refractivity contribution in [2.24, 2.45) is 5.92 Å². The van der Waals surface area contributed by atoms with E-state index >= 15 is 0 Å². The van der Waals surface area contributed by atoms with Crippen molar-refractivity contribution < 1.29 is 24.2 Å². The summed E-state index contributed by atoms with van der Waals surface area (Å²) >= 11 is 0. The van der Waals surface area contributed by atoms with E-state index in [2.05, 4.69) is 10.6 Å². The van der Waals surface area contributed by atoms with Crippen molar-refractivity contribution in [3.8, 4) is 0 Å². The Morgan fingerprint density at radius 1 is 1.03 bits per heavy atom. The molecule has 8 heteroatoms. The van der Waals surface area contributed by atoms with Gasteiger partial charge in [-0.05, 0) is 44.7 Å². The van der Waals surface area contributed by atoms with Crippen molar-refractivity contribution in [1.82, 2.24) is 15.5 Å². The van der Waals surface area contributed by atoms with Gasteiger partial charge in [-0.25, -0.2) is 4.79 Å². The molecule has 8 nitrogen and oxygen atoms in total. The summed E-state index contributed by atoms with van der Waals surface area (Å²) in [5, 5.41) is 15.4. The first kappa shape index (κ1) is 28.8. The highest BCUT2D eigenvalue weighted by Gasteiger charge is 2.37. The Morgan fingerprint density at radius 3 is 2.25 bits per heavy atom. The van der Waals surface area contributed by atoms with Gasteiger partial charge in [-0.3, -0.25) is 9.59 Å². The lowest BCUT2D eigenvalue weighted by Crippen LogP contribution is -2.55. The van der Waals surface area contributed by atoms with Crippen LogP contribution in [0.15, 0.2) is 54.6 Å². The lowest BCUT2D eigenvalue weighted by atomic mass is 9.98. The quantitative estimate of drug-likeness (QED) is 0.464. The van der Waals surface area contributed by atoms with Crippen molar-refractivity contribution in [2.75, 3.05) is 13.2 Å². The molecule has 0 saturated heterocycles. The molecule has 0 fully saturated rings. The number of rotatable bonds is 10. The monoisotopic (exact) mass is 497 g/mol. The highest BCUT2D eigenvalue weighted by Crippen LogP contribution is 2.25. The molecule has 36 heavy (non-hydrogen) atoms. The van der Waals surface area contributed by atoms with Crippen molar-refractivity contribution in [1.29, 1.82) is 0 Å². The zero-order valence-corrected chi connectivity index (χ0v) is 22.1. The van der Waals surface area contributed by atoms with Crippen LogP contribution in [0.1, 0.15) is 57.4 Å². The number of ether oxygens (including phenoxy) is 1. The van der Waals surface area contributed by atoms with Gasteiger partial charge in [-0.15, -0.1) is 0 Å². The van der Waals surface area contributed by atoms with Gasteiger partial charge in [0.2, 0.25) is 11.8 Å². The predicted octanol–water partition coefficient (Wildman–Crippen LogP) is 3.72. The Hall–Kier alpha value is -3.39. The van der Waals surface area contributed by atoms with E-state index in [1.807, 2.05) is 55.5 Å². The van der Waals surface area contributed by atoms with Gasteiger partial charge in [0.1, 0.15) is 17.7 Å². The van der Waals surface area contributed by atoms with Crippen molar-refractivity contribution >= 4 is 17.9 Å². The number of carbonyl (C=O) groups is 3. The molecule has 0 aliphatic carbocycles. The summed E-state index contributed by atoms with van der Waals surface area (Å²) in [5.41, 5.74) is 1.72. The van der Waals surface area contributed by atoms with Crippen LogP contribution in [0.25, 0.3) is 0 Å². The third kappa shape index (κ3) is 8.68. The van der Waals surface area contributed by atoms with E-state index in [9.17, 15) is 19.5 Å². The normalized spacial score (nSPS) is 13.0. The maximum atomic E-state index is 13.8. The van der Waals surface area contributed by atoms with Gasteiger partial charge in [0.25, 0.3) is 0 Å². The summed E-state index contributed by atoms with van der Waals surface area (Å²) in [6.45, 7) is 10.6. The third-order valence-electron chi connectivity index (χ3n) is 5.46. The van der Waals surface area contributed by atoms with Crippen LogP contribution in [-0.4, -0.2) is 52.7 Å². The van der Waals surface area contributed by atoms with Gasteiger partial charge >= 0.3 is 6.09 Å². The number of aryl methyl sites for hydroxylation is 1. The van der Waals surface area contributed by atoms with Crippen molar-refractivity contribution in [3.63, 3.8) is 0 Å². The zero-order valence-electron chi connectivity index (χ0n) is 22.1. The van der Waals surface area contributed by atoms with E-state index in [1.165, 1.54) is 4.90 Å². The molecule has 0 spiro atoms. The van der Waals surface area contributed by atoms with Crippen LogP contribution in [0.2, 0.25) is 0 Å². The smallest absolute Gasteiger partial charge is 0.408 e. The Balaban J connectivity index is 2.40. The number of aliphatic hydroxyl groups is 1. The van der Waals surface area contributed by atoms with Crippen molar-refractivity contribution in [3.05, 3.63) is 71.3 Å². The molecule has 0 bridgehead atoms. The minimum atomic E-state index is -1.00. The van der Waals surface area contributed by atoms with Gasteiger partial charge in [0, 0.05) is 13.1 Å². The summed E-state index contributed by atoms with van der Waals surface area (Å²) in [6, 6.07) is 14.9. The Morgan fingerprint density at radius 2 is 1.69 bits per heavy atom. The number of benzene rings is 2. The number of alkyl carbamates (subject to hydrolysis) is 1. The molecule has 196 valence electrons. The largest absolute Gasteiger partial charge is 0.444 e. The molecule has 0 radical (unpaired) electrons. The molecule has 3 N–H and O–H groups in total. The minimum absolute atomic E-state index is 0.0879. The number of amides is 3. The summed E-state index contributed by atoms with van der Waals surface area (Å²) < 4.78 is 5.35. The van der Waals surface area contributed by atoms with E-state index < -0.39 is 29.7 Å². The number of hydrogen-bond acceptors (Lipinski definition) is 5. The molecule has 2 aromatic rings. The fourth-order valence-electron chi connectivity index (χ4n) is 3.80.